The molecule has 0 spiro atoms. The molecular formula is C22H21FN4O3S. The number of nitrogens with two attached hydrogens (primary N) is 1. The van der Waals surface area contributed by atoms with Crippen molar-refractivity contribution in [2.45, 2.75) is 18.1 Å². The number of benzene rings is 2. The van der Waals surface area contributed by atoms with Gasteiger partial charge in [0.15, 0.2) is 5.16 Å². The summed E-state index contributed by atoms with van der Waals surface area (Å²) in [6.07, 6.45) is 1.55. The standard InChI is InChI=1S/C22H21FN4O3S/c1-2-12-27-21(30)17-5-3-4-6-18(17)25-22(27)31-14-20(29)26(13-11-19(24)28)16-9-7-15(23)8-10-16/h2-10H,1,11-14H2,(H2,24,28). The molecule has 0 aliphatic rings. The number of rotatable bonds is 9. The number of fused-ring (bicyclic) bond motifs is 1. The summed E-state index contributed by atoms with van der Waals surface area (Å²) in [4.78, 5) is 42.9. The lowest BCUT2D eigenvalue weighted by Gasteiger charge is -2.22. The minimum Gasteiger partial charge on any atom is -0.370 e. The Balaban J connectivity index is 1.87. The minimum atomic E-state index is -0.552. The zero-order chi connectivity index (χ0) is 22.4. The second-order valence-corrected chi connectivity index (χ2v) is 7.59. The van der Waals surface area contributed by atoms with Crippen LogP contribution in [0, 0.1) is 5.82 Å². The number of amides is 2. The third-order valence-electron chi connectivity index (χ3n) is 4.48. The molecule has 7 nitrogen and oxygen atoms in total. The van der Waals surface area contributed by atoms with Crippen molar-refractivity contribution in [1.29, 1.82) is 0 Å². The lowest BCUT2D eigenvalue weighted by Crippen LogP contribution is -2.35. The molecule has 0 atom stereocenters. The van der Waals surface area contributed by atoms with E-state index in [0.29, 0.717) is 21.7 Å². The maximum atomic E-state index is 13.3. The lowest BCUT2D eigenvalue weighted by molar-refractivity contribution is -0.118. The summed E-state index contributed by atoms with van der Waals surface area (Å²) < 4.78 is 14.7. The molecule has 1 aromatic heterocycles. The van der Waals surface area contributed by atoms with Crippen LogP contribution >= 0.6 is 11.8 Å². The molecule has 0 unspecified atom stereocenters. The van der Waals surface area contributed by atoms with Gasteiger partial charge < -0.3 is 10.6 Å². The molecule has 0 bridgehead atoms. The molecule has 3 aromatic rings. The largest absolute Gasteiger partial charge is 0.370 e. The molecule has 2 amide bonds. The van der Waals surface area contributed by atoms with Crippen molar-refractivity contribution >= 4 is 40.2 Å². The van der Waals surface area contributed by atoms with E-state index >= 15 is 0 Å². The van der Waals surface area contributed by atoms with Crippen LogP contribution in [-0.4, -0.2) is 33.7 Å². The molecule has 0 saturated heterocycles. The topological polar surface area (TPSA) is 98.3 Å². The predicted molar refractivity (Wildman–Crippen MR) is 119 cm³/mol. The summed E-state index contributed by atoms with van der Waals surface area (Å²) in [6.45, 7) is 3.99. The first-order chi connectivity index (χ1) is 14.9. The fourth-order valence-electron chi connectivity index (χ4n) is 2.99. The minimum absolute atomic E-state index is 0.0385. The molecule has 9 heteroatoms. The van der Waals surface area contributed by atoms with Crippen LogP contribution in [0.1, 0.15) is 6.42 Å². The fraction of sp³-hybridized carbons (Fsp3) is 0.182. The van der Waals surface area contributed by atoms with Gasteiger partial charge in [-0.25, -0.2) is 9.37 Å². The number of allylic oxidation sites excluding steroid dienone is 1. The molecule has 0 saturated carbocycles. The summed E-state index contributed by atoms with van der Waals surface area (Å²) in [5.41, 5.74) is 5.99. The summed E-state index contributed by atoms with van der Waals surface area (Å²) in [6, 6.07) is 12.4. The summed E-state index contributed by atoms with van der Waals surface area (Å²) in [7, 11) is 0. The number of carbonyl (C=O) groups excluding carboxylic acids is 2. The van der Waals surface area contributed by atoms with E-state index in [9.17, 15) is 18.8 Å². The van der Waals surface area contributed by atoms with E-state index in [1.165, 1.54) is 33.7 Å². The number of anilines is 1. The Morgan fingerprint density at radius 2 is 1.90 bits per heavy atom. The first-order valence-electron chi connectivity index (χ1n) is 9.48. The highest BCUT2D eigenvalue weighted by molar-refractivity contribution is 7.99. The van der Waals surface area contributed by atoms with Gasteiger partial charge >= 0.3 is 0 Å². The molecule has 3 rings (SSSR count). The maximum absolute atomic E-state index is 13.3. The second kappa shape index (κ2) is 10.0. The number of hydrogen-bond donors (Lipinski definition) is 1. The Kier molecular flexibility index (Phi) is 7.19. The molecule has 160 valence electrons. The average molecular weight is 441 g/mol. The molecule has 0 aliphatic carbocycles. The van der Waals surface area contributed by atoms with Crippen LogP contribution in [0.3, 0.4) is 0 Å². The van der Waals surface area contributed by atoms with Gasteiger partial charge in [-0.15, -0.1) is 6.58 Å². The van der Waals surface area contributed by atoms with Crippen molar-refractivity contribution in [3.63, 3.8) is 0 Å². The zero-order valence-corrected chi connectivity index (χ0v) is 17.5. The molecular weight excluding hydrogens is 419 g/mol. The van der Waals surface area contributed by atoms with Crippen molar-refractivity contribution in [3.8, 4) is 0 Å². The monoisotopic (exact) mass is 440 g/mol. The Bertz CT molecular complexity index is 1180. The van der Waals surface area contributed by atoms with Gasteiger partial charge in [-0.3, -0.25) is 19.0 Å². The van der Waals surface area contributed by atoms with Gasteiger partial charge in [-0.1, -0.05) is 30.0 Å². The SMILES string of the molecule is C=CCn1c(SCC(=O)N(CCC(N)=O)c2ccc(F)cc2)nc2ccccc2c1=O. The molecule has 0 radical (unpaired) electrons. The number of halogens is 1. The molecule has 31 heavy (non-hydrogen) atoms. The maximum Gasteiger partial charge on any atom is 0.262 e. The number of carbonyl (C=O) groups is 2. The van der Waals surface area contributed by atoms with Crippen LogP contribution in [0.4, 0.5) is 10.1 Å². The van der Waals surface area contributed by atoms with E-state index in [4.69, 9.17) is 5.73 Å². The van der Waals surface area contributed by atoms with Gasteiger partial charge in [-0.2, -0.15) is 0 Å². The highest BCUT2D eigenvalue weighted by Gasteiger charge is 2.19. The number of thioether (sulfide) groups is 1. The van der Waals surface area contributed by atoms with Crippen LogP contribution in [-0.2, 0) is 16.1 Å². The smallest absolute Gasteiger partial charge is 0.262 e. The van der Waals surface area contributed by atoms with Crippen molar-refractivity contribution in [3.05, 3.63) is 77.4 Å². The highest BCUT2D eigenvalue weighted by Crippen LogP contribution is 2.21. The molecule has 1 heterocycles. The predicted octanol–water partition coefficient (Wildman–Crippen LogP) is 2.72. The van der Waals surface area contributed by atoms with Crippen LogP contribution in [0.15, 0.2) is 71.1 Å². The molecule has 2 aromatic carbocycles. The highest BCUT2D eigenvalue weighted by atomic mass is 32.2. The number of nitrogens with zero attached hydrogens (tertiary/aromatic N) is 3. The molecule has 0 aliphatic heterocycles. The summed E-state index contributed by atoms with van der Waals surface area (Å²) in [5.74, 6) is -1.36. The summed E-state index contributed by atoms with van der Waals surface area (Å²) in [5, 5.41) is 0.861. The average Bonchev–Trinajstić information content (AvgIpc) is 2.75. The van der Waals surface area contributed by atoms with E-state index in [1.54, 1.807) is 30.3 Å². The Hall–Kier alpha value is -3.46. The van der Waals surface area contributed by atoms with Crippen LogP contribution in [0.2, 0.25) is 0 Å². The van der Waals surface area contributed by atoms with Crippen molar-refractivity contribution in [2.75, 3.05) is 17.2 Å². The van der Waals surface area contributed by atoms with Crippen molar-refractivity contribution in [1.82, 2.24) is 9.55 Å². The second-order valence-electron chi connectivity index (χ2n) is 6.64. The summed E-state index contributed by atoms with van der Waals surface area (Å²) >= 11 is 1.11. The van der Waals surface area contributed by atoms with Gasteiger partial charge in [-0.05, 0) is 36.4 Å². The molecule has 2 N–H and O–H groups in total. The molecule has 0 fully saturated rings. The number of primary amides is 1. The Morgan fingerprint density at radius 1 is 1.19 bits per heavy atom. The van der Waals surface area contributed by atoms with Gasteiger partial charge in [0.05, 0.1) is 16.7 Å². The first-order valence-corrected chi connectivity index (χ1v) is 10.5. The van der Waals surface area contributed by atoms with E-state index in [2.05, 4.69) is 11.6 Å². The van der Waals surface area contributed by atoms with Gasteiger partial charge in [0.25, 0.3) is 5.56 Å². The third kappa shape index (κ3) is 5.37. The number of aromatic nitrogens is 2. The van der Waals surface area contributed by atoms with E-state index in [0.717, 1.165) is 11.8 Å². The van der Waals surface area contributed by atoms with Gasteiger partial charge in [0, 0.05) is 25.2 Å². The Morgan fingerprint density at radius 3 is 2.58 bits per heavy atom. The zero-order valence-electron chi connectivity index (χ0n) is 16.7. The third-order valence-corrected chi connectivity index (χ3v) is 5.45. The van der Waals surface area contributed by atoms with E-state index in [-0.39, 0.29) is 36.7 Å². The normalized spacial score (nSPS) is 10.7. The van der Waals surface area contributed by atoms with Crippen LogP contribution in [0.25, 0.3) is 10.9 Å². The van der Waals surface area contributed by atoms with Gasteiger partial charge in [0.1, 0.15) is 5.82 Å². The quantitative estimate of drug-likeness (QED) is 0.313. The van der Waals surface area contributed by atoms with Crippen molar-refractivity contribution in [2.24, 2.45) is 5.73 Å². The first kappa shape index (κ1) is 22.2. The number of hydrogen-bond acceptors (Lipinski definition) is 5. The van der Waals surface area contributed by atoms with Crippen molar-refractivity contribution < 1.29 is 14.0 Å². The number of para-hydroxylation sites is 1. The van der Waals surface area contributed by atoms with Crippen LogP contribution < -0.4 is 16.2 Å². The van der Waals surface area contributed by atoms with Crippen LogP contribution in [0.5, 0.6) is 0 Å². The fourth-order valence-corrected chi connectivity index (χ4v) is 3.88. The van der Waals surface area contributed by atoms with Gasteiger partial charge in [0.2, 0.25) is 11.8 Å². The Labute approximate surface area is 182 Å². The van der Waals surface area contributed by atoms with E-state index in [1.807, 2.05) is 0 Å². The lowest BCUT2D eigenvalue weighted by atomic mass is 10.2. The van der Waals surface area contributed by atoms with E-state index < -0.39 is 11.7 Å².